The van der Waals surface area contributed by atoms with Crippen molar-refractivity contribution in [2.24, 2.45) is 0 Å². The van der Waals surface area contributed by atoms with Crippen LogP contribution in [0, 0.1) is 0 Å². The van der Waals surface area contributed by atoms with Gasteiger partial charge in [0.1, 0.15) is 18.2 Å². The van der Waals surface area contributed by atoms with E-state index in [-0.39, 0.29) is 30.9 Å². The highest BCUT2D eigenvalue weighted by Crippen LogP contribution is 2.20. The molecule has 0 saturated heterocycles. The molecule has 11 nitrogen and oxygen atoms in total. The largest absolute Gasteiger partial charge is 0.465 e. The van der Waals surface area contributed by atoms with Crippen LogP contribution >= 0.6 is 0 Å². The Morgan fingerprint density at radius 1 is 0.923 bits per heavy atom. The lowest BCUT2D eigenvalue weighted by Gasteiger charge is -2.18. The zero-order chi connectivity index (χ0) is 27.6. The van der Waals surface area contributed by atoms with E-state index in [1.54, 1.807) is 31.2 Å². The number of hydrogen-bond donors (Lipinski definition) is 1. The highest BCUT2D eigenvalue weighted by atomic mass is 16.6. The summed E-state index contributed by atoms with van der Waals surface area (Å²) >= 11 is 0. The minimum absolute atomic E-state index is 0.0108. The van der Waals surface area contributed by atoms with Crippen molar-refractivity contribution in [3.8, 4) is 17.1 Å². The first kappa shape index (κ1) is 27.0. The van der Waals surface area contributed by atoms with Gasteiger partial charge in [0.05, 0.1) is 31.3 Å². The third-order valence-corrected chi connectivity index (χ3v) is 5.68. The molecule has 0 aliphatic rings. The van der Waals surface area contributed by atoms with E-state index in [1.165, 1.54) is 18.0 Å². The maximum absolute atomic E-state index is 12.8. The Labute approximate surface area is 224 Å². The number of esters is 2. The Kier molecular flexibility index (Phi) is 8.96. The zero-order valence-electron chi connectivity index (χ0n) is 21.4. The number of benzene rings is 2. The Morgan fingerprint density at radius 2 is 1.64 bits per heavy atom. The van der Waals surface area contributed by atoms with Gasteiger partial charge in [-0.2, -0.15) is 5.10 Å². The van der Waals surface area contributed by atoms with Gasteiger partial charge in [0, 0.05) is 12.0 Å². The standard InChI is InChI=1S/C28H27N5O6/c1-3-38-27(35)23(30-28(36)39-18-19-10-6-4-7-11-19)16-24-21(26(34)37-2)17-29-33(24)25-15-14-22(31-32-25)20-12-8-5-9-13-20/h4-15,17,23H,3,16,18H2,1-2H3,(H,30,36)/t23-/m0/s1. The summed E-state index contributed by atoms with van der Waals surface area (Å²) in [5.74, 6) is -1.07. The van der Waals surface area contributed by atoms with Gasteiger partial charge in [0.25, 0.3) is 0 Å². The molecule has 1 amide bonds. The molecule has 2 heterocycles. The van der Waals surface area contributed by atoms with Crippen LogP contribution in [0.2, 0.25) is 0 Å². The van der Waals surface area contributed by atoms with Crippen LogP contribution < -0.4 is 5.32 Å². The molecule has 0 unspecified atom stereocenters. The fraction of sp³-hybridized carbons (Fsp3) is 0.214. The van der Waals surface area contributed by atoms with Crippen LogP contribution in [-0.4, -0.2) is 57.8 Å². The van der Waals surface area contributed by atoms with Gasteiger partial charge in [-0.1, -0.05) is 60.7 Å². The van der Waals surface area contributed by atoms with E-state index in [2.05, 4.69) is 20.6 Å². The summed E-state index contributed by atoms with van der Waals surface area (Å²) in [5.41, 5.74) is 2.68. The summed E-state index contributed by atoms with van der Waals surface area (Å²) in [6, 6.07) is 20.9. The van der Waals surface area contributed by atoms with Crippen LogP contribution in [0.3, 0.4) is 0 Å². The minimum atomic E-state index is -1.19. The Hall–Kier alpha value is -5.06. The molecule has 2 aromatic carbocycles. The van der Waals surface area contributed by atoms with E-state index in [0.29, 0.717) is 11.5 Å². The van der Waals surface area contributed by atoms with Crippen molar-refractivity contribution in [1.82, 2.24) is 25.3 Å². The third kappa shape index (κ3) is 6.83. The van der Waals surface area contributed by atoms with Gasteiger partial charge in [-0.3, -0.25) is 0 Å². The van der Waals surface area contributed by atoms with E-state index in [4.69, 9.17) is 14.2 Å². The number of aromatic nitrogens is 4. The Morgan fingerprint density at radius 3 is 2.28 bits per heavy atom. The van der Waals surface area contributed by atoms with Crippen LogP contribution in [-0.2, 0) is 32.0 Å². The van der Waals surface area contributed by atoms with Crippen molar-refractivity contribution in [2.75, 3.05) is 13.7 Å². The number of alkyl carbamates (subject to hydrolysis) is 1. The van der Waals surface area contributed by atoms with E-state index < -0.39 is 24.1 Å². The predicted molar refractivity (Wildman–Crippen MR) is 140 cm³/mol. The topological polar surface area (TPSA) is 135 Å². The summed E-state index contributed by atoms with van der Waals surface area (Å²) in [4.78, 5) is 37.9. The summed E-state index contributed by atoms with van der Waals surface area (Å²) in [5, 5.41) is 15.4. The van der Waals surface area contributed by atoms with Crippen molar-refractivity contribution in [1.29, 1.82) is 0 Å². The molecule has 4 aromatic rings. The molecule has 11 heteroatoms. The number of nitrogens with zero attached hydrogens (tertiary/aromatic N) is 4. The first-order valence-electron chi connectivity index (χ1n) is 12.2. The second-order valence-electron chi connectivity index (χ2n) is 8.27. The van der Waals surface area contributed by atoms with E-state index >= 15 is 0 Å². The van der Waals surface area contributed by atoms with Crippen LogP contribution in [0.1, 0.15) is 28.5 Å². The smallest absolute Gasteiger partial charge is 0.408 e. The molecule has 1 atom stereocenters. The lowest BCUT2D eigenvalue weighted by molar-refractivity contribution is -0.145. The first-order valence-corrected chi connectivity index (χ1v) is 12.2. The molecule has 0 saturated carbocycles. The van der Waals surface area contributed by atoms with Crippen molar-refractivity contribution < 1.29 is 28.6 Å². The highest BCUT2D eigenvalue weighted by molar-refractivity contribution is 5.91. The molecule has 200 valence electrons. The quantitative estimate of drug-likeness (QED) is 0.242. The van der Waals surface area contributed by atoms with E-state index in [9.17, 15) is 14.4 Å². The normalized spacial score (nSPS) is 11.3. The molecule has 0 aliphatic heterocycles. The van der Waals surface area contributed by atoms with E-state index in [1.807, 2.05) is 48.5 Å². The third-order valence-electron chi connectivity index (χ3n) is 5.68. The number of rotatable bonds is 10. The lowest BCUT2D eigenvalue weighted by Crippen LogP contribution is -2.44. The zero-order valence-corrected chi connectivity index (χ0v) is 21.4. The second-order valence-corrected chi connectivity index (χ2v) is 8.27. The molecular formula is C28H27N5O6. The SMILES string of the molecule is CCOC(=O)[C@H](Cc1c(C(=O)OC)cnn1-c1ccc(-c2ccccc2)nn1)NC(=O)OCc1ccccc1. The molecule has 0 spiro atoms. The van der Waals surface area contributed by atoms with Crippen molar-refractivity contribution in [2.45, 2.75) is 26.0 Å². The predicted octanol–water partition coefficient (Wildman–Crippen LogP) is 3.52. The van der Waals surface area contributed by atoms with Crippen LogP contribution in [0.15, 0.2) is 79.0 Å². The molecular weight excluding hydrogens is 502 g/mol. The average Bonchev–Trinajstić information content (AvgIpc) is 3.40. The number of amides is 1. The van der Waals surface area contributed by atoms with Gasteiger partial charge in [-0.25, -0.2) is 19.1 Å². The van der Waals surface area contributed by atoms with Crippen molar-refractivity contribution in [3.63, 3.8) is 0 Å². The van der Waals surface area contributed by atoms with Crippen molar-refractivity contribution in [3.05, 3.63) is 95.8 Å². The second kappa shape index (κ2) is 13.0. The maximum atomic E-state index is 12.8. The molecule has 1 N–H and O–H groups in total. The van der Waals surface area contributed by atoms with Crippen LogP contribution in [0.5, 0.6) is 0 Å². The van der Waals surface area contributed by atoms with Crippen molar-refractivity contribution >= 4 is 18.0 Å². The molecule has 0 aliphatic carbocycles. The maximum Gasteiger partial charge on any atom is 0.408 e. The molecule has 4 rings (SSSR count). The summed E-state index contributed by atoms with van der Waals surface area (Å²) in [6.07, 6.45) is 0.324. The molecule has 39 heavy (non-hydrogen) atoms. The molecule has 0 fully saturated rings. The number of methoxy groups -OCH3 is 1. The number of ether oxygens (including phenoxy) is 3. The van der Waals surface area contributed by atoms with Crippen LogP contribution in [0.4, 0.5) is 4.79 Å². The van der Waals surface area contributed by atoms with Gasteiger partial charge in [0.2, 0.25) is 0 Å². The molecule has 0 radical (unpaired) electrons. The number of carbonyl (C=O) groups is 3. The lowest BCUT2D eigenvalue weighted by atomic mass is 10.1. The first-order chi connectivity index (χ1) is 19.0. The summed E-state index contributed by atoms with van der Waals surface area (Å²) < 4.78 is 16.7. The number of hydrogen-bond acceptors (Lipinski definition) is 9. The molecule has 2 aromatic heterocycles. The monoisotopic (exact) mass is 529 g/mol. The van der Waals surface area contributed by atoms with Crippen LogP contribution in [0.25, 0.3) is 17.1 Å². The summed E-state index contributed by atoms with van der Waals surface area (Å²) in [7, 11) is 1.24. The minimum Gasteiger partial charge on any atom is -0.465 e. The van der Waals surface area contributed by atoms with E-state index in [0.717, 1.165) is 11.1 Å². The van der Waals surface area contributed by atoms with Gasteiger partial charge in [-0.05, 0) is 24.6 Å². The average molecular weight is 530 g/mol. The van der Waals surface area contributed by atoms with Gasteiger partial charge in [0.15, 0.2) is 5.82 Å². The highest BCUT2D eigenvalue weighted by Gasteiger charge is 2.29. The van der Waals surface area contributed by atoms with Gasteiger partial charge in [-0.15, -0.1) is 10.2 Å². The molecule has 0 bridgehead atoms. The number of nitrogens with one attached hydrogen (secondary N) is 1. The fourth-order valence-corrected chi connectivity index (χ4v) is 3.79. The Balaban J connectivity index is 1.60. The van der Waals surface area contributed by atoms with Gasteiger partial charge >= 0.3 is 18.0 Å². The van der Waals surface area contributed by atoms with Gasteiger partial charge < -0.3 is 19.5 Å². The Bertz CT molecular complexity index is 1410. The summed E-state index contributed by atoms with van der Waals surface area (Å²) in [6.45, 7) is 1.75. The fourth-order valence-electron chi connectivity index (χ4n) is 3.79. The number of carbonyl (C=O) groups excluding carboxylic acids is 3.